The number of hydrogen-bond acceptors (Lipinski definition) is 2. The van der Waals surface area contributed by atoms with Gasteiger partial charge in [0, 0.05) is 6.04 Å². The topological polar surface area (TPSA) is 21.3 Å². The smallest absolute Gasteiger partial charge is 0.119 e. The summed E-state index contributed by atoms with van der Waals surface area (Å²) in [5.74, 6) is 1.66. The number of ether oxygens (including phenoxy) is 1. The van der Waals surface area contributed by atoms with E-state index in [1.165, 1.54) is 24.8 Å². The molecule has 0 aromatic heterocycles. The SMILES string of the molecule is CCC(C)C(NC)c1ccc(OC2CC2)cc1. The second kappa shape index (κ2) is 5.54. The standard InChI is InChI=1S/C15H23NO/c1-4-11(2)15(16-3)12-5-7-13(8-6-12)17-14-9-10-14/h5-8,11,14-16H,4,9-10H2,1-3H3. The van der Waals surface area contributed by atoms with E-state index in [4.69, 9.17) is 4.74 Å². The highest BCUT2D eigenvalue weighted by Crippen LogP contribution is 2.29. The summed E-state index contributed by atoms with van der Waals surface area (Å²) in [4.78, 5) is 0. The molecule has 0 aliphatic heterocycles. The maximum Gasteiger partial charge on any atom is 0.119 e. The summed E-state index contributed by atoms with van der Waals surface area (Å²) in [6, 6.07) is 9.01. The normalized spacial score (nSPS) is 18.8. The van der Waals surface area contributed by atoms with Crippen molar-refractivity contribution < 1.29 is 4.74 Å². The average Bonchev–Trinajstić information content (AvgIpc) is 3.16. The van der Waals surface area contributed by atoms with Crippen LogP contribution in [0.3, 0.4) is 0 Å². The lowest BCUT2D eigenvalue weighted by Gasteiger charge is -2.23. The van der Waals surface area contributed by atoms with Gasteiger partial charge < -0.3 is 10.1 Å². The molecule has 1 N–H and O–H groups in total. The van der Waals surface area contributed by atoms with Crippen LogP contribution in [0.2, 0.25) is 0 Å². The van der Waals surface area contributed by atoms with Crippen LogP contribution in [0, 0.1) is 5.92 Å². The Morgan fingerprint density at radius 1 is 1.29 bits per heavy atom. The molecule has 94 valence electrons. The van der Waals surface area contributed by atoms with Gasteiger partial charge in [0.2, 0.25) is 0 Å². The minimum atomic E-state index is 0.440. The Morgan fingerprint density at radius 3 is 2.41 bits per heavy atom. The van der Waals surface area contributed by atoms with E-state index in [9.17, 15) is 0 Å². The third-order valence-corrected chi connectivity index (χ3v) is 3.59. The Kier molecular flexibility index (Phi) is 4.06. The molecular weight excluding hydrogens is 210 g/mol. The third-order valence-electron chi connectivity index (χ3n) is 3.59. The fourth-order valence-corrected chi connectivity index (χ4v) is 2.15. The van der Waals surface area contributed by atoms with Crippen molar-refractivity contribution in [3.63, 3.8) is 0 Å². The lowest BCUT2D eigenvalue weighted by Crippen LogP contribution is -2.22. The van der Waals surface area contributed by atoms with Gasteiger partial charge in [-0.2, -0.15) is 0 Å². The first-order valence-corrected chi connectivity index (χ1v) is 6.68. The number of hydrogen-bond donors (Lipinski definition) is 1. The Hall–Kier alpha value is -1.02. The zero-order valence-electron chi connectivity index (χ0n) is 11.1. The summed E-state index contributed by atoms with van der Waals surface area (Å²) >= 11 is 0. The van der Waals surface area contributed by atoms with E-state index >= 15 is 0 Å². The van der Waals surface area contributed by atoms with Crippen molar-refractivity contribution in [2.45, 2.75) is 45.3 Å². The van der Waals surface area contributed by atoms with Crippen molar-refractivity contribution in [2.75, 3.05) is 7.05 Å². The summed E-state index contributed by atoms with van der Waals surface area (Å²) in [7, 11) is 2.03. The van der Waals surface area contributed by atoms with Gasteiger partial charge in [0.05, 0.1) is 6.10 Å². The highest BCUT2D eigenvalue weighted by Gasteiger charge is 2.23. The molecule has 1 aliphatic carbocycles. The molecule has 1 aromatic carbocycles. The lowest BCUT2D eigenvalue weighted by atomic mass is 9.93. The molecule has 0 heterocycles. The molecular formula is C15H23NO. The van der Waals surface area contributed by atoms with Crippen molar-refractivity contribution in [3.8, 4) is 5.75 Å². The number of nitrogens with one attached hydrogen (secondary N) is 1. The summed E-state index contributed by atoms with van der Waals surface area (Å²) in [5, 5.41) is 3.40. The van der Waals surface area contributed by atoms with E-state index in [1.54, 1.807) is 0 Å². The highest BCUT2D eigenvalue weighted by atomic mass is 16.5. The van der Waals surface area contributed by atoms with Gasteiger partial charge in [-0.05, 0) is 43.5 Å². The summed E-state index contributed by atoms with van der Waals surface area (Å²) in [6.07, 6.45) is 4.10. The highest BCUT2D eigenvalue weighted by molar-refractivity contribution is 5.30. The fourth-order valence-electron chi connectivity index (χ4n) is 2.15. The Morgan fingerprint density at radius 2 is 1.94 bits per heavy atom. The van der Waals surface area contributed by atoms with E-state index in [2.05, 4.69) is 43.4 Å². The minimum absolute atomic E-state index is 0.440. The van der Waals surface area contributed by atoms with Gasteiger partial charge in [0.15, 0.2) is 0 Å². The molecule has 0 radical (unpaired) electrons. The second-order valence-electron chi connectivity index (χ2n) is 5.04. The van der Waals surface area contributed by atoms with Crippen molar-refractivity contribution in [1.82, 2.24) is 5.32 Å². The van der Waals surface area contributed by atoms with Gasteiger partial charge in [-0.1, -0.05) is 32.4 Å². The molecule has 1 aromatic rings. The van der Waals surface area contributed by atoms with Gasteiger partial charge >= 0.3 is 0 Å². The summed E-state index contributed by atoms with van der Waals surface area (Å²) in [6.45, 7) is 4.52. The first-order chi connectivity index (χ1) is 8.24. The predicted octanol–water partition coefficient (Wildman–Crippen LogP) is 3.53. The van der Waals surface area contributed by atoms with E-state index < -0.39 is 0 Å². The Balaban J connectivity index is 2.03. The van der Waals surface area contributed by atoms with Gasteiger partial charge in [-0.15, -0.1) is 0 Å². The van der Waals surface area contributed by atoms with Crippen LogP contribution in [-0.4, -0.2) is 13.2 Å². The first-order valence-electron chi connectivity index (χ1n) is 6.68. The largest absolute Gasteiger partial charge is 0.490 e. The van der Waals surface area contributed by atoms with E-state index in [0.29, 0.717) is 18.1 Å². The fraction of sp³-hybridized carbons (Fsp3) is 0.600. The summed E-state index contributed by atoms with van der Waals surface area (Å²) in [5.41, 5.74) is 1.35. The Bertz CT molecular complexity index is 342. The predicted molar refractivity (Wildman–Crippen MR) is 71.3 cm³/mol. The number of rotatable bonds is 6. The van der Waals surface area contributed by atoms with Gasteiger partial charge in [-0.3, -0.25) is 0 Å². The average molecular weight is 233 g/mol. The number of benzene rings is 1. The Labute approximate surface area is 104 Å². The van der Waals surface area contributed by atoms with E-state index in [0.717, 1.165) is 5.75 Å². The van der Waals surface area contributed by atoms with Crippen LogP contribution >= 0.6 is 0 Å². The van der Waals surface area contributed by atoms with Gasteiger partial charge in [-0.25, -0.2) is 0 Å². The molecule has 2 unspecified atom stereocenters. The van der Waals surface area contributed by atoms with Gasteiger partial charge in [0.25, 0.3) is 0 Å². The molecule has 0 bridgehead atoms. The molecule has 1 saturated carbocycles. The zero-order valence-corrected chi connectivity index (χ0v) is 11.1. The molecule has 0 saturated heterocycles. The van der Waals surface area contributed by atoms with Crippen molar-refractivity contribution in [3.05, 3.63) is 29.8 Å². The molecule has 2 heteroatoms. The zero-order chi connectivity index (χ0) is 12.3. The van der Waals surface area contributed by atoms with Crippen molar-refractivity contribution >= 4 is 0 Å². The minimum Gasteiger partial charge on any atom is -0.490 e. The van der Waals surface area contributed by atoms with Gasteiger partial charge in [0.1, 0.15) is 5.75 Å². The molecule has 2 rings (SSSR count). The van der Waals surface area contributed by atoms with Crippen LogP contribution in [0.15, 0.2) is 24.3 Å². The molecule has 1 aliphatic rings. The quantitative estimate of drug-likeness (QED) is 0.811. The molecule has 17 heavy (non-hydrogen) atoms. The van der Waals surface area contributed by atoms with Crippen LogP contribution in [-0.2, 0) is 0 Å². The maximum atomic E-state index is 5.76. The van der Waals surface area contributed by atoms with Crippen LogP contribution in [0.1, 0.15) is 44.7 Å². The van der Waals surface area contributed by atoms with Crippen LogP contribution < -0.4 is 10.1 Å². The van der Waals surface area contributed by atoms with Crippen LogP contribution in [0.5, 0.6) is 5.75 Å². The van der Waals surface area contributed by atoms with E-state index in [1.807, 2.05) is 7.05 Å². The lowest BCUT2D eigenvalue weighted by molar-refractivity contribution is 0.303. The summed E-state index contributed by atoms with van der Waals surface area (Å²) < 4.78 is 5.76. The molecule has 2 atom stereocenters. The van der Waals surface area contributed by atoms with E-state index in [-0.39, 0.29) is 0 Å². The molecule has 0 spiro atoms. The van der Waals surface area contributed by atoms with Crippen LogP contribution in [0.25, 0.3) is 0 Å². The molecule has 2 nitrogen and oxygen atoms in total. The van der Waals surface area contributed by atoms with Crippen LogP contribution in [0.4, 0.5) is 0 Å². The monoisotopic (exact) mass is 233 g/mol. The second-order valence-corrected chi connectivity index (χ2v) is 5.04. The third kappa shape index (κ3) is 3.22. The van der Waals surface area contributed by atoms with Crippen molar-refractivity contribution in [2.24, 2.45) is 5.92 Å². The first kappa shape index (κ1) is 12.4. The van der Waals surface area contributed by atoms with Crippen molar-refractivity contribution in [1.29, 1.82) is 0 Å². The molecule has 1 fully saturated rings. The molecule has 0 amide bonds. The maximum absolute atomic E-state index is 5.76.